The van der Waals surface area contributed by atoms with Crippen LogP contribution in [0.4, 0.5) is 0 Å². The standard InChI is InChI=1S/C19H25N3/c1-14-6-5-7-18(12-14)15(2)13-22(11-10-20)17(4)16(3)21-19-8-9-19/h5-7,10-13,19,21H,3-4,8-9,20H2,1-2H3/b11-10-,15-13+. The lowest BCUT2D eigenvalue weighted by Gasteiger charge is -2.22. The van der Waals surface area contributed by atoms with Crippen molar-refractivity contribution >= 4 is 5.57 Å². The van der Waals surface area contributed by atoms with Gasteiger partial charge in [-0.25, -0.2) is 0 Å². The van der Waals surface area contributed by atoms with E-state index in [4.69, 9.17) is 5.73 Å². The van der Waals surface area contributed by atoms with Crippen molar-refractivity contribution in [3.05, 3.63) is 78.5 Å². The Bertz CT molecular complexity index is 621. The van der Waals surface area contributed by atoms with Gasteiger partial charge in [0.25, 0.3) is 0 Å². The van der Waals surface area contributed by atoms with E-state index in [1.54, 1.807) is 6.20 Å². The largest absolute Gasteiger partial charge is 0.403 e. The predicted molar refractivity (Wildman–Crippen MR) is 94.4 cm³/mol. The molecule has 1 saturated carbocycles. The molecule has 1 aromatic rings. The van der Waals surface area contributed by atoms with Crippen LogP contribution in [0.5, 0.6) is 0 Å². The van der Waals surface area contributed by atoms with Gasteiger partial charge in [-0.05, 0) is 37.8 Å². The van der Waals surface area contributed by atoms with Gasteiger partial charge in [0.1, 0.15) is 0 Å². The van der Waals surface area contributed by atoms with Crippen LogP contribution in [0.25, 0.3) is 5.57 Å². The van der Waals surface area contributed by atoms with Crippen LogP contribution < -0.4 is 11.1 Å². The van der Waals surface area contributed by atoms with Crippen molar-refractivity contribution in [3.63, 3.8) is 0 Å². The average molecular weight is 295 g/mol. The Kier molecular flexibility index (Phi) is 5.10. The van der Waals surface area contributed by atoms with E-state index in [0.29, 0.717) is 6.04 Å². The molecule has 0 atom stereocenters. The summed E-state index contributed by atoms with van der Waals surface area (Å²) < 4.78 is 0. The van der Waals surface area contributed by atoms with E-state index in [-0.39, 0.29) is 0 Å². The predicted octanol–water partition coefficient (Wildman–Crippen LogP) is 3.87. The number of nitrogens with two attached hydrogens (primary N) is 1. The number of nitrogens with zero attached hydrogens (tertiary/aromatic N) is 1. The maximum atomic E-state index is 5.58. The van der Waals surface area contributed by atoms with Crippen LogP contribution in [0.15, 0.2) is 67.4 Å². The van der Waals surface area contributed by atoms with Gasteiger partial charge in [-0.1, -0.05) is 43.0 Å². The molecule has 1 aromatic carbocycles. The van der Waals surface area contributed by atoms with E-state index in [9.17, 15) is 0 Å². The van der Waals surface area contributed by atoms with E-state index in [0.717, 1.165) is 17.0 Å². The molecule has 3 nitrogen and oxygen atoms in total. The molecule has 3 heteroatoms. The summed E-state index contributed by atoms with van der Waals surface area (Å²) in [7, 11) is 0. The molecule has 0 unspecified atom stereocenters. The zero-order valence-corrected chi connectivity index (χ0v) is 13.5. The summed E-state index contributed by atoms with van der Waals surface area (Å²) in [6, 6.07) is 8.97. The highest BCUT2D eigenvalue weighted by Crippen LogP contribution is 2.24. The lowest BCUT2D eigenvalue weighted by atomic mass is 10.1. The van der Waals surface area contributed by atoms with Gasteiger partial charge in [0.2, 0.25) is 0 Å². The highest BCUT2D eigenvalue weighted by Gasteiger charge is 2.22. The molecule has 0 amide bonds. The second-order valence-electron chi connectivity index (χ2n) is 5.77. The molecule has 0 aromatic heterocycles. The van der Waals surface area contributed by atoms with Crippen molar-refractivity contribution in [2.45, 2.75) is 32.7 Å². The van der Waals surface area contributed by atoms with E-state index in [2.05, 4.69) is 56.6 Å². The number of allylic oxidation sites excluding steroid dienone is 1. The first-order valence-electron chi connectivity index (χ1n) is 7.58. The molecule has 1 fully saturated rings. The first-order valence-corrected chi connectivity index (χ1v) is 7.58. The molecular formula is C19H25N3. The van der Waals surface area contributed by atoms with Crippen LogP contribution >= 0.6 is 0 Å². The third kappa shape index (κ3) is 4.29. The fourth-order valence-corrected chi connectivity index (χ4v) is 2.19. The smallest absolute Gasteiger partial charge is 0.0604 e. The summed E-state index contributed by atoms with van der Waals surface area (Å²) in [6.45, 7) is 12.4. The Morgan fingerprint density at radius 3 is 2.68 bits per heavy atom. The molecule has 0 saturated heterocycles. The quantitative estimate of drug-likeness (QED) is 0.750. The van der Waals surface area contributed by atoms with Crippen molar-refractivity contribution in [1.82, 2.24) is 10.2 Å². The number of aryl methyl sites for hydroxylation is 1. The van der Waals surface area contributed by atoms with E-state index < -0.39 is 0 Å². The Morgan fingerprint density at radius 2 is 2.09 bits per heavy atom. The minimum Gasteiger partial charge on any atom is -0.403 e. The van der Waals surface area contributed by atoms with Gasteiger partial charge in [0.15, 0.2) is 0 Å². The van der Waals surface area contributed by atoms with Crippen molar-refractivity contribution in [2.75, 3.05) is 0 Å². The van der Waals surface area contributed by atoms with Crippen LogP contribution in [-0.4, -0.2) is 10.9 Å². The monoisotopic (exact) mass is 295 g/mol. The normalized spacial score (nSPS) is 14.9. The molecule has 22 heavy (non-hydrogen) atoms. The van der Waals surface area contributed by atoms with Crippen molar-refractivity contribution < 1.29 is 0 Å². The van der Waals surface area contributed by atoms with Gasteiger partial charge >= 0.3 is 0 Å². The van der Waals surface area contributed by atoms with Gasteiger partial charge in [0.05, 0.1) is 11.4 Å². The molecule has 0 radical (unpaired) electrons. The SMILES string of the molecule is C=C(NC1CC1)C(=C)N(/C=C\N)/C=C(\C)c1cccc(C)c1. The summed E-state index contributed by atoms with van der Waals surface area (Å²) in [5.74, 6) is 0. The highest BCUT2D eigenvalue weighted by molar-refractivity contribution is 5.64. The Labute approximate surface area is 133 Å². The second-order valence-corrected chi connectivity index (χ2v) is 5.77. The highest BCUT2D eigenvalue weighted by atomic mass is 15.1. The molecule has 1 aliphatic carbocycles. The van der Waals surface area contributed by atoms with E-state index in [1.165, 1.54) is 30.2 Å². The molecule has 2 rings (SSSR count). The molecule has 1 aliphatic rings. The first kappa shape index (κ1) is 16.0. The summed E-state index contributed by atoms with van der Waals surface area (Å²) in [4.78, 5) is 1.91. The van der Waals surface area contributed by atoms with Crippen LogP contribution in [-0.2, 0) is 0 Å². The second kappa shape index (κ2) is 7.03. The van der Waals surface area contributed by atoms with E-state index >= 15 is 0 Å². The fourth-order valence-electron chi connectivity index (χ4n) is 2.19. The third-order valence-corrected chi connectivity index (χ3v) is 3.67. The molecule has 3 N–H and O–H groups in total. The van der Waals surface area contributed by atoms with Crippen molar-refractivity contribution in [3.8, 4) is 0 Å². The van der Waals surface area contributed by atoms with Crippen LogP contribution in [0.1, 0.15) is 30.9 Å². The molecule has 0 aliphatic heterocycles. The zero-order chi connectivity index (χ0) is 16.1. The summed E-state index contributed by atoms with van der Waals surface area (Å²) in [5, 5.41) is 3.37. The Hall–Kier alpha value is -2.42. The van der Waals surface area contributed by atoms with Crippen molar-refractivity contribution in [1.29, 1.82) is 0 Å². The first-order chi connectivity index (χ1) is 10.5. The van der Waals surface area contributed by atoms with E-state index in [1.807, 2.05) is 11.1 Å². The fraction of sp³-hybridized carbons (Fsp3) is 0.263. The molecule has 0 heterocycles. The average Bonchev–Trinajstić information content (AvgIpc) is 3.29. The minimum absolute atomic E-state index is 0.551. The number of hydrogen-bond acceptors (Lipinski definition) is 3. The molecule has 0 spiro atoms. The van der Waals surface area contributed by atoms with Crippen LogP contribution in [0.3, 0.4) is 0 Å². The van der Waals surface area contributed by atoms with Gasteiger partial charge in [0, 0.05) is 24.6 Å². The maximum absolute atomic E-state index is 5.58. The molecule has 0 bridgehead atoms. The van der Waals surface area contributed by atoms with Gasteiger partial charge in [-0.3, -0.25) is 0 Å². The number of hydrogen-bond donors (Lipinski definition) is 2. The Balaban J connectivity index is 2.17. The topological polar surface area (TPSA) is 41.3 Å². The summed E-state index contributed by atoms with van der Waals surface area (Å²) in [6.07, 6.45) is 7.74. The lowest BCUT2D eigenvalue weighted by Crippen LogP contribution is -2.22. The number of nitrogens with one attached hydrogen (secondary N) is 1. The van der Waals surface area contributed by atoms with Crippen molar-refractivity contribution in [2.24, 2.45) is 5.73 Å². The summed E-state index contributed by atoms with van der Waals surface area (Å²) in [5.41, 5.74) is 10.8. The summed E-state index contributed by atoms with van der Waals surface area (Å²) >= 11 is 0. The third-order valence-electron chi connectivity index (χ3n) is 3.67. The van der Waals surface area contributed by atoms with Gasteiger partial charge < -0.3 is 16.0 Å². The zero-order valence-electron chi connectivity index (χ0n) is 13.5. The minimum atomic E-state index is 0.551. The Morgan fingerprint density at radius 1 is 1.36 bits per heavy atom. The van der Waals surface area contributed by atoms with Gasteiger partial charge in [-0.15, -0.1) is 0 Å². The van der Waals surface area contributed by atoms with Gasteiger partial charge in [-0.2, -0.15) is 0 Å². The number of rotatable bonds is 7. The maximum Gasteiger partial charge on any atom is 0.0604 e. The van der Waals surface area contributed by atoms with Crippen LogP contribution in [0, 0.1) is 6.92 Å². The van der Waals surface area contributed by atoms with Crippen LogP contribution in [0.2, 0.25) is 0 Å². The molecule has 116 valence electrons. The lowest BCUT2D eigenvalue weighted by molar-refractivity contribution is 0.617. The number of benzene rings is 1. The molecular weight excluding hydrogens is 270 g/mol.